The molecule has 1 saturated carbocycles. The van der Waals surface area contributed by atoms with E-state index in [0.717, 1.165) is 41.7 Å². The Morgan fingerprint density at radius 3 is 1.86 bits per heavy atom. The highest BCUT2D eigenvalue weighted by molar-refractivity contribution is 5.50. The lowest BCUT2D eigenvalue weighted by molar-refractivity contribution is 0.0190. The first-order valence-corrected chi connectivity index (χ1v) is 11.5. The quantitative estimate of drug-likeness (QED) is 0.612. The second-order valence-corrected chi connectivity index (χ2v) is 11.6. The van der Waals surface area contributed by atoms with Crippen molar-refractivity contribution in [2.45, 2.75) is 91.1 Å². The van der Waals surface area contributed by atoms with Crippen LogP contribution in [0.3, 0.4) is 0 Å². The lowest BCUT2D eigenvalue weighted by atomic mass is 9.77. The van der Waals surface area contributed by atoms with Crippen molar-refractivity contribution in [1.82, 2.24) is 0 Å². The topological polar surface area (TPSA) is 38.7 Å². The molecule has 1 N–H and O–H groups in total. The maximum atomic E-state index is 11.0. The van der Waals surface area contributed by atoms with E-state index < -0.39 is 0 Å². The van der Waals surface area contributed by atoms with E-state index in [-0.39, 0.29) is 16.9 Å². The van der Waals surface area contributed by atoms with Gasteiger partial charge in [0.05, 0.1) is 19.8 Å². The van der Waals surface area contributed by atoms with Crippen molar-refractivity contribution >= 4 is 0 Å². The summed E-state index contributed by atoms with van der Waals surface area (Å²) in [7, 11) is 0. The Hall–Kier alpha value is -1.06. The van der Waals surface area contributed by atoms with E-state index in [1.165, 1.54) is 25.7 Å². The Bertz CT molecular complexity index is 652. The molecule has 1 aromatic rings. The van der Waals surface area contributed by atoms with Crippen LogP contribution in [0.2, 0.25) is 0 Å². The molecule has 0 radical (unpaired) electrons. The van der Waals surface area contributed by atoms with Crippen molar-refractivity contribution in [2.75, 3.05) is 19.8 Å². The summed E-state index contributed by atoms with van der Waals surface area (Å²) in [6.07, 6.45) is 5.24. The van der Waals surface area contributed by atoms with Crippen molar-refractivity contribution in [1.29, 1.82) is 0 Å². The minimum atomic E-state index is -0.132. The molecule has 3 heteroatoms. The summed E-state index contributed by atoms with van der Waals surface area (Å²) in [6, 6.07) is 4.28. The van der Waals surface area contributed by atoms with Gasteiger partial charge >= 0.3 is 0 Å². The Balaban J connectivity index is 1.83. The van der Waals surface area contributed by atoms with Gasteiger partial charge in [-0.25, -0.2) is 0 Å². The van der Waals surface area contributed by atoms with Crippen LogP contribution in [0.1, 0.15) is 96.9 Å². The van der Waals surface area contributed by atoms with E-state index in [1.54, 1.807) is 0 Å². The van der Waals surface area contributed by atoms with Gasteiger partial charge in [-0.2, -0.15) is 0 Å². The van der Waals surface area contributed by atoms with Crippen LogP contribution in [0.15, 0.2) is 12.1 Å². The Labute approximate surface area is 178 Å². The summed E-state index contributed by atoms with van der Waals surface area (Å²) in [5.41, 5.74) is 2.85. The van der Waals surface area contributed by atoms with E-state index in [9.17, 15) is 5.11 Å². The standard InChI is InChI=1S/C26H42O3/c1-17-8-10-18(11-9-17)20-14-28-16-23(29-15-20)19-12-21(25(2,3)4)24(27)22(13-19)26(5,6)7/h12-13,17-18,20,23,27H,8-11,14-16H2,1-7H3. The molecular formula is C26H42O3. The Kier molecular flexibility index (Phi) is 6.70. The van der Waals surface area contributed by atoms with Crippen molar-refractivity contribution in [3.63, 3.8) is 0 Å². The molecule has 1 aromatic carbocycles. The fourth-order valence-corrected chi connectivity index (χ4v) is 4.87. The molecule has 2 unspecified atom stereocenters. The molecule has 1 heterocycles. The molecule has 0 aromatic heterocycles. The SMILES string of the molecule is CC1CCC(C2COCC(c3cc(C(C)(C)C)c(O)c(C(C)(C)C)c3)OC2)CC1. The molecular weight excluding hydrogens is 360 g/mol. The predicted molar refractivity (Wildman–Crippen MR) is 120 cm³/mol. The number of phenols is 1. The summed E-state index contributed by atoms with van der Waals surface area (Å²) >= 11 is 0. The summed E-state index contributed by atoms with van der Waals surface area (Å²) in [5.74, 6) is 2.54. The number of aromatic hydroxyl groups is 1. The molecule has 2 aliphatic rings. The second kappa shape index (κ2) is 8.59. The van der Waals surface area contributed by atoms with Crippen LogP contribution in [0.5, 0.6) is 5.75 Å². The zero-order valence-corrected chi connectivity index (χ0v) is 19.7. The maximum Gasteiger partial charge on any atom is 0.123 e. The zero-order chi connectivity index (χ0) is 21.4. The van der Waals surface area contributed by atoms with Crippen LogP contribution in [0, 0.1) is 17.8 Å². The predicted octanol–water partition coefficient (Wildman–Crippen LogP) is 6.52. The number of benzene rings is 1. The summed E-state index contributed by atoms with van der Waals surface area (Å²) in [4.78, 5) is 0. The lowest BCUT2D eigenvalue weighted by Gasteiger charge is -2.31. The smallest absolute Gasteiger partial charge is 0.123 e. The minimum Gasteiger partial charge on any atom is -0.507 e. The Morgan fingerprint density at radius 1 is 0.793 bits per heavy atom. The van der Waals surface area contributed by atoms with Crippen molar-refractivity contribution < 1.29 is 14.6 Å². The van der Waals surface area contributed by atoms with Crippen LogP contribution >= 0.6 is 0 Å². The first-order chi connectivity index (χ1) is 13.5. The van der Waals surface area contributed by atoms with E-state index in [0.29, 0.717) is 18.3 Å². The van der Waals surface area contributed by atoms with Gasteiger partial charge in [0.15, 0.2) is 0 Å². The third-order valence-corrected chi connectivity index (χ3v) is 6.96. The van der Waals surface area contributed by atoms with Gasteiger partial charge in [0.2, 0.25) is 0 Å². The maximum absolute atomic E-state index is 11.0. The van der Waals surface area contributed by atoms with Gasteiger partial charge in [-0.3, -0.25) is 0 Å². The number of ether oxygens (including phenoxy) is 2. The third kappa shape index (κ3) is 5.35. The number of phenolic OH excluding ortho intramolecular Hbond substituents is 1. The van der Waals surface area contributed by atoms with Crippen LogP contribution in [0.4, 0.5) is 0 Å². The number of hydrogen-bond donors (Lipinski definition) is 1. The van der Waals surface area contributed by atoms with Crippen molar-refractivity contribution in [2.24, 2.45) is 17.8 Å². The van der Waals surface area contributed by atoms with Gasteiger partial charge in [0.25, 0.3) is 0 Å². The fraction of sp³-hybridized carbons (Fsp3) is 0.769. The number of rotatable bonds is 2. The van der Waals surface area contributed by atoms with Gasteiger partial charge in [0.1, 0.15) is 11.9 Å². The molecule has 2 atom stereocenters. The molecule has 29 heavy (non-hydrogen) atoms. The summed E-state index contributed by atoms with van der Waals surface area (Å²) in [6.45, 7) is 17.5. The summed E-state index contributed by atoms with van der Waals surface area (Å²) < 4.78 is 12.6. The molecule has 164 valence electrons. The molecule has 0 spiro atoms. The van der Waals surface area contributed by atoms with E-state index in [1.807, 2.05) is 0 Å². The third-order valence-electron chi connectivity index (χ3n) is 6.96. The van der Waals surface area contributed by atoms with Gasteiger partial charge in [-0.1, -0.05) is 61.3 Å². The zero-order valence-electron chi connectivity index (χ0n) is 19.7. The molecule has 2 fully saturated rings. The average Bonchev–Trinajstić information content (AvgIpc) is 2.87. The molecule has 3 nitrogen and oxygen atoms in total. The Morgan fingerprint density at radius 2 is 1.34 bits per heavy atom. The van der Waals surface area contributed by atoms with Crippen LogP contribution in [-0.4, -0.2) is 24.9 Å². The molecule has 3 rings (SSSR count). The lowest BCUT2D eigenvalue weighted by Crippen LogP contribution is -2.26. The minimum absolute atomic E-state index is 0.0645. The van der Waals surface area contributed by atoms with Gasteiger partial charge in [-0.05, 0) is 64.3 Å². The van der Waals surface area contributed by atoms with Crippen LogP contribution < -0.4 is 0 Å². The average molecular weight is 403 g/mol. The highest BCUT2D eigenvalue weighted by atomic mass is 16.5. The monoisotopic (exact) mass is 402 g/mol. The van der Waals surface area contributed by atoms with Gasteiger partial charge in [-0.15, -0.1) is 0 Å². The van der Waals surface area contributed by atoms with E-state index in [4.69, 9.17) is 9.47 Å². The highest BCUT2D eigenvalue weighted by Gasteiger charge is 2.32. The highest BCUT2D eigenvalue weighted by Crippen LogP contribution is 2.42. The largest absolute Gasteiger partial charge is 0.507 e. The molecule has 1 aliphatic carbocycles. The number of hydrogen-bond acceptors (Lipinski definition) is 3. The second-order valence-electron chi connectivity index (χ2n) is 11.6. The van der Waals surface area contributed by atoms with Crippen molar-refractivity contribution in [3.05, 3.63) is 28.8 Å². The first kappa shape index (κ1) is 22.6. The van der Waals surface area contributed by atoms with Gasteiger partial charge < -0.3 is 14.6 Å². The first-order valence-electron chi connectivity index (χ1n) is 11.5. The van der Waals surface area contributed by atoms with Gasteiger partial charge in [0, 0.05) is 5.92 Å². The van der Waals surface area contributed by atoms with Crippen molar-refractivity contribution in [3.8, 4) is 5.75 Å². The van der Waals surface area contributed by atoms with Crippen LogP contribution in [0.25, 0.3) is 0 Å². The normalized spacial score (nSPS) is 29.5. The molecule has 0 bridgehead atoms. The summed E-state index contributed by atoms with van der Waals surface area (Å²) in [5, 5.41) is 11.0. The molecule has 1 saturated heterocycles. The van der Waals surface area contributed by atoms with E-state index >= 15 is 0 Å². The van der Waals surface area contributed by atoms with Crippen LogP contribution in [-0.2, 0) is 20.3 Å². The fourth-order valence-electron chi connectivity index (χ4n) is 4.87. The van der Waals surface area contributed by atoms with E-state index in [2.05, 4.69) is 60.6 Å². The molecule has 0 amide bonds. The molecule has 1 aliphatic heterocycles.